The molecule has 0 radical (unpaired) electrons. The van der Waals surface area contributed by atoms with Crippen LogP contribution in [0.4, 0.5) is 11.4 Å². The molecule has 138 valence electrons. The van der Waals surface area contributed by atoms with Crippen molar-refractivity contribution in [2.24, 2.45) is 0 Å². The summed E-state index contributed by atoms with van der Waals surface area (Å²) in [6.45, 7) is 0. The number of rotatable bonds is 2. The van der Waals surface area contributed by atoms with Gasteiger partial charge >= 0.3 is 0 Å². The van der Waals surface area contributed by atoms with Crippen LogP contribution in [0.15, 0.2) is 54.6 Å². The van der Waals surface area contributed by atoms with Gasteiger partial charge in [-0.05, 0) is 30.3 Å². The van der Waals surface area contributed by atoms with Crippen molar-refractivity contribution in [3.63, 3.8) is 0 Å². The molecule has 0 aliphatic heterocycles. The van der Waals surface area contributed by atoms with Crippen molar-refractivity contribution in [3.8, 4) is 5.75 Å². The SMILES string of the molecule is Nc1cccc2c1C(=O)c1cccc(NC(=O)c3ccc(Cl)cc3O)c1C2=O. The lowest BCUT2D eigenvalue weighted by atomic mass is 9.82. The third-order valence-electron chi connectivity index (χ3n) is 4.56. The van der Waals surface area contributed by atoms with E-state index in [4.69, 9.17) is 17.3 Å². The lowest BCUT2D eigenvalue weighted by Crippen LogP contribution is -2.25. The van der Waals surface area contributed by atoms with Crippen molar-refractivity contribution in [2.45, 2.75) is 0 Å². The highest BCUT2D eigenvalue weighted by Crippen LogP contribution is 2.34. The smallest absolute Gasteiger partial charge is 0.259 e. The average molecular weight is 393 g/mol. The standard InChI is InChI=1S/C21H13ClN2O4/c22-10-7-8-11(16(25)9-10)21(28)24-15-6-2-4-13-18(15)20(27)12-3-1-5-14(23)17(12)19(13)26/h1-9,25H,23H2,(H,24,28). The first-order valence-corrected chi connectivity index (χ1v) is 8.67. The van der Waals surface area contributed by atoms with Crippen LogP contribution < -0.4 is 11.1 Å². The number of nitrogens with one attached hydrogen (secondary N) is 1. The van der Waals surface area contributed by atoms with E-state index in [2.05, 4.69) is 5.32 Å². The Morgan fingerprint density at radius 3 is 2.29 bits per heavy atom. The van der Waals surface area contributed by atoms with E-state index in [0.29, 0.717) is 0 Å². The Morgan fingerprint density at radius 1 is 0.929 bits per heavy atom. The second kappa shape index (κ2) is 6.51. The van der Waals surface area contributed by atoms with E-state index in [9.17, 15) is 19.5 Å². The molecule has 0 unspecified atom stereocenters. The van der Waals surface area contributed by atoms with Crippen LogP contribution in [-0.4, -0.2) is 22.6 Å². The summed E-state index contributed by atoms with van der Waals surface area (Å²) in [6, 6.07) is 13.3. The number of hydrogen-bond acceptors (Lipinski definition) is 5. The number of benzene rings is 3. The van der Waals surface area contributed by atoms with Gasteiger partial charge in [0.2, 0.25) is 0 Å². The summed E-state index contributed by atoms with van der Waals surface area (Å²) in [6.07, 6.45) is 0. The van der Waals surface area contributed by atoms with E-state index in [1.165, 1.54) is 36.4 Å². The molecule has 0 saturated heterocycles. The number of nitrogens with two attached hydrogens (primary N) is 1. The van der Waals surface area contributed by atoms with Gasteiger partial charge in [0.05, 0.1) is 22.4 Å². The minimum atomic E-state index is -0.638. The minimum Gasteiger partial charge on any atom is -0.507 e. The number of amides is 1. The highest BCUT2D eigenvalue weighted by Gasteiger charge is 2.33. The van der Waals surface area contributed by atoms with E-state index < -0.39 is 11.7 Å². The monoisotopic (exact) mass is 392 g/mol. The molecule has 0 bridgehead atoms. The van der Waals surface area contributed by atoms with Crippen LogP contribution in [0.1, 0.15) is 42.2 Å². The molecule has 4 rings (SSSR count). The molecular weight excluding hydrogens is 380 g/mol. The van der Waals surface area contributed by atoms with Gasteiger partial charge in [0.1, 0.15) is 5.75 Å². The first kappa shape index (κ1) is 17.8. The zero-order valence-corrected chi connectivity index (χ0v) is 15.1. The molecule has 28 heavy (non-hydrogen) atoms. The molecule has 6 nitrogen and oxygen atoms in total. The second-order valence-corrected chi connectivity index (χ2v) is 6.71. The highest BCUT2D eigenvalue weighted by atomic mass is 35.5. The van der Waals surface area contributed by atoms with Crippen molar-refractivity contribution in [1.29, 1.82) is 0 Å². The molecule has 3 aromatic carbocycles. The molecule has 0 atom stereocenters. The molecule has 0 fully saturated rings. The second-order valence-electron chi connectivity index (χ2n) is 6.27. The molecule has 7 heteroatoms. The summed E-state index contributed by atoms with van der Waals surface area (Å²) >= 11 is 5.79. The van der Waals surface area contributed by atoms with Gasteiger partial charge in [-0.2, -0.15) is 0 Å². The number of carbonyl (C=O) groups is 3. The summed E-state index contributed by atoms with van der Waals surface area (Å²) in [7, 11) is 0. The van der Waals surface area contributed by atoms with Gasteiger partial charge in [-0.1, -0.05) is 35.9 Å². The average Bonchev–Trinajstić information content (AvgIpc) is 2.65. The molecule has 4 N–H and O–H groups in total. The lowest BCUT2D eigenvalue weighted by Gasteiger charge is -2.21. The van der Waals surface area contributed by atoms with Crippen LogP contribution >= 0.6 is 11.6 Å². The molecule has 1 aliphatic carbocycles. The van der Waals surface area contributed by atoms with Crippen LogP contribution in [0.25, 0.3) is 0 Å². The predicted molar refractivity (Wildman–Crippen MR) is 105 cm³/mol. The van der Waals surface area contributed by atoms with E-state index in [0.717, 1.165) is 0 Å². The van der Waals surface area contributed by atoms with Gasteiger partial charge in [0.25, 0.3) is 5.91 Å². The van der Waals surface area contributed by atoms with Gasteiger partial charge in [0.15, 0.2) is 11.6 Å². The summed E-state index contributed by atoms with van der Waals surface area (Å²) in [5.74, 6) is -1.72. The summed E-state index contributed by atoms with van der Waals surface area (Å²) in [4.78, 5) is 38.5. The highest BCUT2D eigenvalue weighted by molar-refractivity contribution is 6.32. The lowest BCUT2D eigenvalue weighted by molar-refractivity contribution is 0.0979. The number of ketones is 2. The van der Waals surface area contributed by atoms with Crippen LogP contribution in [0.2, 0.25) is 5.02 Å². The third kappa shape index (κ3) is 2.71. The number of nitrogen functional groups attached to an aromatic ring is 1. The first-order valence-electron chi connectivity index (χ1n) is 8.29. The largest absolute Gasteiger partial charge is 0.507 e. The fourth-order valence-corrected chi connectivity index (χ4v) is 3.43. The van der Waals surface area contributed by atoms with Crippen molar-refractivity contribution in [2.75, 3.05) is 11.1 Å². The maximum Gasteiger partial charge on any atom is 0.259 e. The van der Waals surface area contributed by atoms with Gasteiger partial charge in [-0.15, -0.1) is 0 Å². The Hall–Kier alpha value is -3.64. The van der Waals surface area contributed by atoms with Crippen molar-refractivity contribution in [1.82, 2.24) is 0 Å². The molecule has 0 spiro atoms. The summed E-state index contributed by atoms with van der Waals surface area (Å²) in [5, 5.41) is 12.8. The number of aromatic hydroxyl groups is 1. The molecule has 3 aromatic rings. The van der Waals surface area contributed by atoms with E-state index in [1.54, 1.807) is 18.2 Å². The Labute approximate surface area is 164 Å². The number of phenols is 1. The van der Waals surface area contributed by atoms with E-state index in [1.807, 2.05) is 0 Å². The Balaban J connectivity index is 1.79. The normalized spacial score (nSPS) is 12.3. The topological polar surface area (TPSA) is 109 Å². The molecule has 0 aromatic heterocycles. The van der Waals surface area contributed by atoms with E-state index in [-0.39, 0.29) is 55.7 Å². The summed E-state index contributed by atoms with van der Waals surface area (Å²) < 4.78 is 0. The third-order valence-corrected chi connectivity index (χ3v) is 4.79. The van der Waals surface area contributed by atoms with Crippen LogP contribution in [0.3, 0.4) is 0 Å². The molecule has 1 aliphatic rings. The summed E-state index contributed by atoms with van der Waals surface area (Å²) in [5.41, 5.74) is 6.88. The van der Waals surface area contributed by atoms with Crippen LogP contribution in [0, 0.1) is 0 Å². The quantitative estimate of drug-likeness (QED) is 0.451. The van der Waals surface area contributed by atoms with Crippen LogP contribution in [0.5, 0.6) is 5.75 Å². The molecule has 0 saturated carbocycles. The van der Waals surface area contributed by atoms with Gasteiger partial charge in [0, 0.05) is 21.8 Å². The maximum atomic E-state index is 13.0. The maximum absolute atomic E-state index is 13.0. The number of hydrogen-bond donors (Lipinski definition) is 3. The van der Waals surface area contributed by atoms with Gasteiger partial charge in [-0.25, -0.2) is 0 Å². The minimum absolute atomic E-state index is 0.0127. The first-order chi connectivity index (χ1) is 13.4. The molecule has 0 heterocycles. The fourth-order valence-electron chi connectivity index (χ4n) is 3.26. The Kier molecular flexibility index (Phi) is 4.13. The van der Waals surface area contributed by atoms with Crippen molar-refractivity contribution >= 4 is 40.4 Å². The predicted octanol–water partition coefficient (Wildman–Crippen LogP) is 3.66. The number of anilines is 2. The molecular formula is C21H13ClN2O4. The number of halogens is 1. The zero-order valence-electron chi connectivity index (χ0n) is 14.3. The number of fused-ring (bicyclic) bond motifs is 2. The number of phenolic OH excluding ortho intramolecular Hbond substituents is 1. The van der Waals surface area contributed by atoms with Crippen LogP contribution in [-0.2, 0) is 0 Å². The fraction of sp³-hybridized carbons (Fsp3) is 0. The zero-order chi connectivity index (χ0) is 20.0. The number of carbonyl (C=O) groups excluding carboxylic acids is 3. The van der Waals surface area contributed by atoms with Gasteiger partial charge < -0.3 is 16.2 Å². The molecule has 1 amide bonds. The Bertz CT molecular complexity index is 1190. The van der Waals surface area contributed by atoms with E-state index >= 15 is 0 Å². The van der Waals surface area contributed by atoms with Crippen molar-refractivity contribution in [3.05, 3.63) is 87.4 Å². The van der Waals surface area contributed by atoms with Gasteiger partial charge in [-0.3, -0.25) is 14.4 Å². The Morgan fingerprint density at radius 2 is 1.57 bits per heavy atom. The van der Waals surface area contributed by atoms with Crippen molar-refractivity contribution < 1.29 is 19.5 Å².